The number of alkyl halides is 4. The molecule has 2 heterocycles. The van der Waals surface area contributed by atoms with Gasteiger partial charge >= 0.3 is 5.97 Å². The fourth-order valence-corrected chi connectivity index (χ4v) is 19.5. The van der Waals surface area contributed by atoms with Crippen LogP contribution >= 0.6 is 11.8 Å². The number of carboxylic acids is 1. The molecule has 16 heteroatoms. The molecule has 8 aliphatic carbocycles. The van der Waals surface area contributed by atoms with Gasteiger partial charge in [0.15, 0.2) is 34.1 Å². The second-order valence-corrected chi connectivity index (χ2v) is 27.1. The van der Waals surface area contributed by atoms with Crippen molar-refractivity contribution in [2.45, 2.75) is 159 Å². The highest BCUT2D eigenvalue weighted by atomic mass is 32.2. The van der Waals surface area contributed by atoms with Crippen LogP contribution in [0.15, 0.2) is 108 Å². The van der Waals surface area contributed by atoms with Crippen LogP contribution in [0.5, 0.6) is 0 Å². The molecule has 0 radical (unpaired) electrons. The number of carboxylic acid groups (broad SMARTS) is 1. The quantitative estimate of drug-likeness (QED) is 0.129. The maximum Gasteiger partial charge on any atom is 0.339 e. The van der Waals surface area contributed by atoms with Gasteiger partial charge in [-0.3, -0.25) is 24.1 Å². The Hall–Kier alpha value is -4.29. The lowest BCUT2D eigenvalue weighted by Gasteiger charge is -2.63. The SMILES string of the molecule is CCCCSC(=O)[C@@]12ON(CCCc3ccccc3)C[C@@H]1C[C@H]1[C@@H]3C[C@H](F)C4=CC(=O)C=C[C@]4(C)[C@@]3(F)[C@@H](O)C[C@@]12C.C[C@]12C=CC(=O)C=C1[C@@H](F)C[C@H]1[C@@H]3C[C@H]4CN(CCCc5ccccc5)O[C@@]4(C(=O)O)[C@@]3(C)C[C@H](O)[C@@]12F. The number of thioether (sulfide) groups is 1. The zero-order chi connectivity index (χ0) is 57.0. The summed E-state index contributed by atoms with van der Waals surface area (Å²) in [6.07, 6.45) is 7.57. The van der Waals surface area contributed by atoms with Gasteiger partial charge in [0.25, 0.3) is 0 Å². The standard InChI is InChI=1S/C34H43F2NO4S.C30H35F2NO5/c1-4-5-16-42-30(40)34-23(21-37(41-34)15-9-12-22-10-7-6-8-11-22)17-25-26-19-28(35)27-18-24(38)13-14-31(27,2)33(26,36)29(39)20-32(25,34)3;1-27-11-10-20(34)14-23(27)24(31)15-22-21-13-19-17-33(12-6-9-18-7-4-3-5-8-18)38-30(19,26(36)37)28(21,2)16-25(35)29(22,27)32/h6-8,10-11,13-14,18,23,25-26,28-29,39H,4-5,9,12,15-17,19-21H2,1-3H3;3-5,7-8,10-11,14,19,21-22,24-25,35H,6,9,12-13,15-17H2,1-2H3,(H,36,37)/t23-,25-,26-,28-,29-,31-,32-,33-,34-;19-,21-,22-,24-,25-,27-,28-,29-,30-/m00/s1. The number of rotatable bonds is 13. The number of aliphatic hydroxyl groups is 2. The maximum absolute atomic E-state index is 17.6. The van der Waals surface area contributed by atoms with Crippen LogP contribution < -0.4 is 0 Å². The number of aliphatic carboxylic acids is 1. The average Bonchev–Trinajstić information content (AvgIpc) is 4.17. The first-order chi connectivity index (χ1) is 38.0. The van der Waals surface area contributed by atoms with Crippen LogP contribution in [-0.2, 0) is 41.7 Å². The summed E-state index contributed by atoms with van der Waals surface area (Å²) < 4.78 is 66.4. The molecule has 10 aliphatic rings. The summed E-state index contributed by atoms with van der Waals surface area (Å²) in [6, 6.07) is 20.3. The molecule has 2 aromatic carbocycles. The van der Waals surface area contributed by atoms with E-state index < -0.39 is 104 Å². The first-order valence-electron chi connectivity index (χ1n) is 29.3. The predicted molar refractivity (Wildman–Crippen MR) is 295 cm³/mol. The van der Waals surface area contributed by atoms with Gasteiger partial charge in [-0.15, -0.1) is 0 Å². The van der Waals surface area contributed by atoms with Crippen molar-refractivity contribution in [2.24, 2.45) is 57.2 Å². The van der Waals surface area contributed by atoms with Crippen LogP contribution in [-0.4, -0.2) is 127 Å². The number of carbonyl (C=O) groups is 4. The number of aliphatic hydroxyl groups excluding tert-OH is 2. The van der Waals surface area contributed by atoms with Crippen LogP contribution in [0.4, 0.5) is 17.6 Å². The lowest BCUT2D eigenvalue weighted by atomic mass is 9.44. The number of hydroxylamine groups is 4. The largest absolute Gasteiger partial charge is 0.479 e. The molecule has 0 bridgehead atoms. The van der Waals surface area contributed by atoms with Crippen molar-refractivity contribution in [3.05, 3.63) is 119 Å². The Bertz CT molecular complexity index is 2890. The number of hydrogen-bond donors (Lipinski definition) is 3. The van der Waals surface area contributed by atoms with Gasteiger partial charge < -0.3 is 15.3 Å². The van der Waals surface area contributed by atoms with Gasteiger partial charge in [-0.25, -0.2) is 22.4 Å². The summed E-state index contributed by atoms with van der Waals surface area (Å²) in [6.45, 7) is 11.2. The molecule has 2 aliphatic heterocycles. The molecule has 2 aromatic rings. The van der Waals surface area contributed by atoms with E-state index in [1.54, 1.807) is 25.8 Å². The highest BCUT2D eigenvalue weighted by Gasteiger charge is 2.82. The van der Waals surface area contributed by atoms with E-state index in [0.29, 0.717) is 44.8 Å². The molecular weight excluding hydrogens is 1050 g/mol. The van der Waals surface area contributed by atoms with E-state index in [2.05, 4.69) is 31.2 Å². The second kappa shape index (κ2) is 20.8. The lowest BCUT2D eigenvalue weighted by Crippen LogP contribution is -2.70. The van der Waals surface area contributed by atoms with Crippen molar-refractivity contribution in [1.82, 2.24) is 10.1 Å². The van der Waals surface area contributed by atoms with Gasteiger partial charge in [-0.05, 0) is 143 Å². The molecule has 3 N–H and O–H groups in total. The van der Waals surface area contributed by atoms with Gasteiger partial charge in [-0.1, -0.05) is 112 Å². The number of benzene rings is 2. The van der Waals surface area contributed by atoms with Crippen LogP contribution in [0, 0.1) is 57.2 Å². The van der Waals surface area contributed by atoms with E-state index in [9.17, 15) is 34.5 Å². The van der Waals surface area contributed by atoms with E-state index in [1.807, 2.05) is 48.4 Å². The number of carbonyl (C=O) groups excluding carboxylic acids is 3. The first-order valence-corrected chi connectivity index (χ1v) is 30.3. The third-order valence-electron chi connectivity index (χ3n) is 22.1. The normalized spacial score (nSPS) is 44.0. The van der Waals surface area contributed by atoms with E-state index in [1.165, 1.54) is 59.3 Å². The Morgan fingerprint density at radius 1 is 0.637 bits per heavy atom. The smallest absolute Gasteiger partial charge is 0.339 e. The van der Waals surface area contributed by atoms with Crippen molar-refractivity contribution in [3.63, 3.8) is 0 Å². The average molecular weight is 1130 g/mol. The molecule has 6 saturated carbocycles. The minimum atomic E-state index is -2.23. The number of halogens is 4. The lowest BCUT2D eigenvalue weighted by molar-refractivity contribution is -0.273. The van der Waals surface area contributed by atoms with Gasteiger partial charge in [0.1, 0.15) is 12.3 Å². The summed E-state index contributed by atoms with van der Waals surface area (Å²) in [5.74, 6) is -4.33. The van der Waals surface area contributed by atoms with Gasteiger partial charge in [0, 0.05) is 77.3 Å². The third kappa shape index (κ3) is 8.30. The van der Waals surface area contributed by atoms with Crippen LogP contribution in [0.25, 0.3) is 0 Å². The minimum absolute atomic E-state index is 0.0424. The maximum atomic E-state index is 17.6. The van der Waals surface area contributed by atoms with Gasteiger partial charge in [0.05, 0.1) is 12.2 Å². The fraction of sp³-hybridized carbons (Fsp3) is 0.625. The zero-order valence-corrected chi connectivity index (χ0v) is 47.5. The monoisotopic (exact) mass is 1130 g/mol. The van der Waals surface area contributed by atoms with Crippen molar-refractivity contribution >= 4 is 34.4 Å². The molecule has 432 valence electrons. The number of nitrogens with zero attached hydrogens (tertiary/aromatic N) is 2. The van der Waals surface area contributed by atoms with Gasteiger partial charge in [0.2, 0.25) is 5.12 Å². The van der Waals surface area contributed by atoms with E-state index in [0.717, 1.165) is 38.5 Å². The summed E-state index contributed by atoms with van der Waals surface area (Å²) in [4.78, 5) is 64.5. The van der Waals surface area contributed by atoms with Crippen molar-refractivity contribution in [2.75, 3.05) is 31.9 Å². The first kappa shape index (κ1) is 57.5. The number of ketones is 2. The fourth-order valence-electron chi connectivity index (χ4n) is 18.2. The minimum Gasteiger partial charge on any atom is -0.479 e. The molecule has 0 spiro atoms. The molecule has 8 fully saturated rings. The molecule has 2 saturated heterocycles. The summed E-state index contributed by atoms with van der Waals surface area (Å²) in [5, 5.41) is 37.5. The second-order valence-electron chi connectivity index (χ2n) is 26.0. The zero-order valence-electron chi connectivity index (χ0n) is 46.6. The molecular formula is C64H78F4N2O9S. The van der Waals surface area contributed by atoms with Crippen LogP contribution in [0.2, 0.25) is 0 Å². The van der Waals surface area contributed by atoms with E-state index in [4.69, 9.17) is 9.68 Å². The number of allylic oxidation sites excluding steroid dienone is 8. The molecule has 0 amide bonds. The van der Waals surface area contributed by atoms with E-state index in [-0.39, 0.29) is 59.6 Å². The Morgan fingerprint density at radius 2 is 1.06 bits per heavy atom. The topological polar surface area (TPSA) is 154 Å². The summed E-state index contributed by atoms with van der Waals surface area (Å²) in [7, 11) is 0. The number of unbranched alkanes of at least 4 members (excludes halogenated alkanes) is 1. The molecule has 18 atom stereocenters. The number of aryl methyl sites for hydroxylation is 2. The number of fused-ring (bicyclic) bond motifs is 14. The van der Waals surface area contributed by atoms with Crippen molar-refractivity contribution in [1.29, 1.82) is 0 Å². The number of hydrogen-bond acceptors (Lipinski definition) is 11. The Labute approximate surface area is 471 Å². The van der Waals surface area contributed by atoms with Crippen molar-refractivity contribution in [3.8, 4) is 0 Å². The summed E-state index contributed by atoms with van der Waals surface area (Å²) in [5.41, 5.74) is -9.45. The summed E-state index contributed by atoms with van der Waals surface area (Å²) >= 11 is 1.29. The molecule has 11 nitrogen and oxygen atoms in total. The highest BCUT2D eigenvalue weighted by Crippen LogP contribution is 2.75. The molecule has 0 unspecified atom stereocenters. The Balaban J connectivity index is 0.000000170. The van der Waals surface area contributed by atoms with Crippen molar-refractivity contribution < 1.29 is 61.7 Å². The molecule has 80 heavy (non-hydrogen) atoms. The highest BCUT2D eigenvalue weighted by molar-refractivity contribution is 8.13. The van der Waals surface area contributed by atoms with Crippen LogP contribution in [0.1, 0.15) is 110 Å². The predicted octanol–water partition coefficient (Wildman–Crippen LogP) is 10.4. The Kier molecular flexibility index (Phi) is 15.0. The third-order valence-corrected chi connectivity index (χ3v) is 23.2. The van der Waals surface area contributed by atoms with E-state index >= 15 is 17.6 Å². The molecule has 0 aromatic heterocycles. The van der Waals surface area contributed by atoms with Crippen LogP contribution in [0.3, 0.4) is 0 Å². The molecule has 12 rings (SSSR count). The van der Waals surface area contributed by atoms with Gasteiger partial charge in [-0.2, -0.15) is 10.1 Å². The Morgan fingerprint density at radius 3 is 1.50 bits per heavy atom.